The summed E-state index contributed by atoms with van der Waals surface area (Å²) in [6.45, 7) is 0.304. The summed E-state index contributed by atoms with van der Waals surface area (Å²) in [5.41, 5.74) is 6.48. The van der Waals surface area contributed by atoms with Crippen molar-refractivity contribution in [1.82, 2.24) is 0 Å². The van der Waals surface area contributed by atoms with Crippen LogP contribution in [0.4, 0.5) is 0 Å². The molecule has 0 aromatic heterocycles. The Morgan fingerprint density at radius 2 is 1.89 bits per heavy atom. The number of hydrogen-bond donors (Lipinski definition) is 2. The van der Waals surface area contributed by atoms with Gasteiger partial charge in [0.05, 0.1) is 13.0 Å². The number of carboxylic acid groups (broad SMARTS) is 1. The summed E-state index contributed by atoms with van der Waals surface area (Å²) >= 11 is 0. The Labute approximate surface area is 112 Å². The van der Waals surface area contributed by atoms with Gasteiger partial charge in [0.1, 0.15) is 6.04 Å². The topological polar surface area (TPSA) is 89.6 Å². The van der Waals surface area contributed by atoms with Crippen LogP contribution < -0.4 is 5.73 Å². The predicted molar refractivity (Wildman–Crippen MR) is 70.6 cm³/mol. The number of nitrogens with two attached hydrogens (primary N) is 1. The fraction of sp³-hybridized carbons (Fsp3) is 0.429. The minimum Gasteiger partial charge on any atom is -0.480 e. The minimum absolute atomic E-state index is 0.284. The molecule has 104 valence electrons. The van der Waals surface area contributed by atoms with Gasteiger partial charge in [-0.15, -0.1) is 0 Å². The Bertz CT molecular complexity index is 405. The molecule has 5 heteroatoms. The summed E-state index contributed by atoms with van der Waals surface area (Å²) in [6.07, 6.45) is 2.33. The molecule has 19 heavy (non-hydrogen) atoms. The Morgan fingerprint density at radius 1 is 1.21 bits per heavy atom. The highest BCUT2D eigenvalue weighted by molar-refractivity contribution is 5.81. The van der Waals surface area contributed by atoms with Crippen molar-refractivity contribution in [3.05, 3.63) is 35.9 Å². The predicted octanol–water partition coefficient (Wildman–Crippen LogP) is 1.35. The third-order valence-electron chi connectivity index (χ3n) is 2.67. The largest absolute Gasteiger partial charge is 0.480 e. The van der Waals surface area contributed by atoms with Crippen molar-refractivity contribution in [3.8, 4) is 0 Å². The van der Waals surface area contributed by atoms with Crippen LogP contribution in [0.2, 0.25) is 0 Å². The Kier molecular flexibility index (Phi) is 6.60. The fourth-order valence-electron chi connectivity index (χ4n) is 1.59. The summed E-state index contributed by atoms with van der Waals surface area (Å²) in [7, 11) is 0. The maximum absolute atomic E-state index is 11.2. The van der Waals surface area contributed by atoms with Gasteiger partial charge in [-0.25, -0.2) is 0 Å². The maximum Gasteiger partial charge on any atom is 0.321 e. The summed E-state index contributed by atoms with van der Waals surface area (Å²) in [5, 5.41) is 8.53. The number of carbonyl (C=O) groups excluding carboxylic acids is 1. The van der Waals surface area contributed by atoms with Gasteiger partial charge in [-0.3, -0.25) is 9.59 Å². The van der Waals surface area contributed by atoms with Crippen LogP contribution in [0.25, 0.3) is 0 Å². The highest BCUT2D eigenvalue weighted by Crippen LogP contribution is 2.04. The molecular weight excluding hydrogens is 246 g/mol. The number of esters is 1. The van der Waals surface area contributed by atoms with Crippen LogP contribution in [0, 0.1) is 0 Å². The first-order chi connectivity index (χ1) is 9.09. The highest BCUT2D eigenvalue weighted by atomic mass is 16.5. The van der Waals surface area contributed by atoms with E-state index in [1.165, 1.54) is 5.56 Å². The number of hydrogen-bond acceptors (Lipinski definition) is 4. The van der Waals surface area contributed by atoms with Crippen molar-refractivity contribution in [3.63, 3.8) is 0 Å². The van der Waals surface area contributed by atoms with Crippen molar-refractivity contribution in [2.24, 2.45) is 5.73 Å². The van der Waals surface area contributed by atoms with E-state index in [1.807, 2.05) is 18.2 Å². The molecule has 1 atom stereocenters. The van der Waals surface area contributed by atoms with Crippen LogP contribution >= 0.6 is 0 Å². The smallest absolute Gasteiger partial charge is 0.321 e. The second-order valence-corrected chi connectivity index (χ2v) is 4.31. The Hall–Kier alpha value is -1.88. The van der Waals surface area contributed by atoms with E-state index in [9.17, 15) is 9.59 Å². The van der Waals surface area contributed by atoms with Gasteiger partial charge in [0.15, 0.2) is 0 Å². The first-order valence-electron chi connectivity index (χ1n) is 6.27. The normalized spacial score (nSPS) is 11.8. The van der Waals surface area contributed by atoms with Gasteiger partial charge >= 0.3 is 11.9 Å². The number of aliphatic carboxylic acids is 1. The van der Waals surface area contributed by atoms with E-state index >= 15 is 0 Å². The molecule has 1 rings (SSSR count). The lowest BCUT2D eigenvalue weighted by Crippen LogP contribution is -2.33. The van der Waals surface area contributed by atoms with Crippen LogP contribution in [0.15, 0.2) is 30.3 Å². The van der Waals surface area contributed by atoms with Crippen molar-refractivity contribution in [2.45, 2.75) is 31.7 Å². The van der Waals surface area contributed by atoms with E-state index < -0.39 is 18.0 Å². The van der Waals surface area contributed by atoms with Crippen LogP contribution in [-0.4, -0.2) is 29.7 Å². The van der Waals surface area contributed by atoms with E-state index in [0.717, 1.165) is 19.3 Å². The zero-order valence-electron chi connectivity index (χ0n) is 10.7. The summed E-state index contributed by atoms with van der Waals surface area (Å²) in [6, 6.07) is 8.87. The second kappa shape index (κ2) is 8.26. The average molecular weight is 265 g/mol. The van der Waals surface area contributed by atoms with Crippen LogP contribution in [0.1, 0.15) is 24.8 Å². The number of rotatable bonds is 8. The monoisotopic (exact) mass is 265 g/mol. The minimum atomic E-state index is -1.19. The number of aryl methyl sites for hydroxylation is 1. The third kappa shape index (κ3) is 6.57. The lowest BCUT2D eigenvalue weighted by molar-refractivity contribution is -0.148. The van der Waals surface area contributed by atoms with Gasteiger partial charge < -0.3 is 15.6 Å². The third-order valence-corrected chi connectivity index (χ3v) is 2.67. The molecule has 0 bridgehead atoms. The first kappa shape index (κ1) is 15.2. The zero-order valence-corrected chi connectivity index (χ0v) is 10.7. The highest BCUT2D eigenvalue weighted by Gasteiger charge is 2.16. The van der Waals surface area contributed by atoms with Crippen molar-refractivity contribution in [2.75, 3.05) is 6.61 Å². The lowest BCUT2D eigenvalue weighted by Gasteiger charge is -2.07. The molecule has 0 saturated heterocycles. The van der Waals surface area contributed by atoms with Crippen molar-refractivity contribution in [1.29, 1.82) is 0 Å². The summed E-state index contributed by atoms with van der Waals surface area (Å²) in [4.78, 5) is 21.7. The van der Waals surface area contributed by atoms with Crippen LogP contribution in [0.3, 0.4) is 0 Å². The molecular formula is C14H19NO4. The molecule has 0 unspecified atom stereocenters. The molecule has 0 amide bonds. The van der Waals surface area contributed by atoms with E-state index in [-0.39, 0.29) is 6.42 Å². The van der Waals surface area contributed by atoms with Crippen molar-refractivity contribution < 1.29 is 19.4 Å². The number of unbranched alkanes of at least 4 members (excludes halogenated alkanes) is 1. The van der Waals surface area contributed by atoms with Gasteiger partial charge in [0.2, 0.25) is 0 Å². The van der Waals surface area contributed by atoms with Gasteiger partial charge in [-0.05, 0) is 24.8 Å². The molecule has 1 aromatic carbocycles. The van der Waals surface area contributed by atoms with Crippen molar-refractivity contribution >= 4 is 11.9 Å². The van der Waals surface area contributed by atoms with E-state index in [4.69, 9.17) is 15.6 Å². The quantitative estimate of drug-likeness (QED) is 0.547. The SMILES string of the molecule is N[C@@H](CC(=O)OCCCCc1ccccc1)C(=O)O. The molecule has 1 aromatic rings. The molecule has 0 heterocycles. The molecule has 0 radical (unpaired) electrons. The van der Waals surface area contributed by atoms with E-state index in [1.54, 1.807) is 0 Å². The van der Waals surface area contributed by atoms with Gasteiger partial charge in [0, 0.05) is 0 Å². The van der Waals surface area contributed by atoms with E-state index in [0.29, 0.717) is 6.61 Å². The fourth-order valence-corrected chi connectivity index (χ4v) is 1.59. The number of carboxylic acids is 1. The lowest BCUT2D eigenvalue weighted by atomic mass is 10.1. The zero-order chi connectivity index (χ0) is 14.1. The molecule has 0 aliphatic carbocycles. The molecule has 3 N–H and O–H groups in total. The van der Waals surface area contributed by atoms with E-state index in [2.05, 4.69) is 12.1 Å². The summed E-state index contributed by atoms with van der Waals surface area (Å²) < 4.78 is 4.92. The summed E-state index contributed by atoms with van der Waals surface area (Å²) in [5.74, 6) is -1.75. The molecule has 0 aliphatic heterocycles. The van der Waals surface area contributed by atoms with Gasteiger partial charge in [0.25, 0.3) is 0 Å². The number of carbonyl (C=O) groups is 2. The van der Waals surface area contributed by atoms with Crippen LogP contribution in [0.5, 0.6) is 0 Å². The number of ether oxygens (including phenoxy) is 1. The van der Waals surface area contributed by atoms with Gasteiger partial charge in [-0.2, -0.15) is 0 Å². The first-order valence-corrected chi connectivity index (χ1v) is 6.27. The van der Waals surface area contributed by atoms with Crippen LogP contribution in [-0.2, 0) is 20.7 Å². The Balaban J connectivity index is 2.08. The molecule has 0 aliphatic rings. The van der Waals surface area contributed by atoms with Gasteiger partial charge in [-0.1, -0.05) is 30.3 Å². The Morgan fingerprint density at radius 3 is 2.53 bits per heavy atom. The average Bonchev–Trinajstić information content (AvgIpc) is 2.39. The number of benzene rings is 1. The standard InChI is InChI=1S/C14H19NO4/c15-12(14(17)18)10-13(16)19-9-5-4-8-11-6-2-1-3-7-11/h1-3,6-7,12H,4-5,8-10,15H2,(H,17,18)/t12-/m0/s1. The second-order valence-electron chi connectivity index (χ2n) is 4.31. The molecule has 0 fully saturated rings. The molecule has 0 spiro atoms. The molecule has 0 saturated carbocycles. The maximum atomic E-state index is 11.2. The molecule has 5 nitrogen and oxygen atoms in total.